The second kappa shape index (κ2) is 5.63. The van der Waals surface area contributed by atoms with Crippen molar-refractivity contribution in [2.24, 2.45) is 0 Å². The molecule has 0 N–H and O–H groups in total. The van der Waals surface area contributed by atoms with E-state index in [0.29, 0.717) is 0 Å². The molecule has 2 nitrogen and oxygen atoms in total. The maximum atomic E-state index is 6.28. The van der Waals surface area contributed by atoms with Crippen LogP contribution < -0.4 is 0 Å². The van der Waals surface area contributed by atoms with Crippen LogP contribution in [0.3, 0.4) is 0 Å². The summed E-state index contributed by atoms with van der Waals surface area (Å²) in [5.41, 5.74) is 5.30. The van der Waals surface area contributed by atoms with E-state index in [2.05, 4.69) is 53.4 Å². The highest BCUT2D eigenvalue weighted by molar-refractivity contribution is 5.77. The Morgan fingerprint density at radius 3 is 2.05 bits per heavy atom. The van der Waals surface area contributed by atoms with Gasteiger partial charge in [-0.15, -0.1) is 0 Å². The fourth-order valence-corrected chi connectivity index (χ4v) is 3.59. The van der Waals surface area contributed by atoms with Crippen LogP contribution in [0.15, 0.2) is 48.5 Å². The van der Waals surface area contributed by atoms with Crippen molar-refractivity contribution in [1.29, 1.82) is 0 Å². The van der Waals surface area contributed by atoms with Crippen LogP contribution in [0.5, 0.6) is 0 Å². The molecule has 2 heteroatoms. The molecule has 1 aliphatic heterocycles. The summed E-state index contributed by atoms with van der Waals surface area (Å²) < 4.78 is 6.28. The molecule has 0 radical (unpaired) electrons. The first kappa shape index (κ1) is 13.1. The molecule has 1 heterocycles. The van der Waals surface area contributed by atoms with Gasteiger partial charge in [0, 0.05) is 6.54 Å². The van der Waals surface area contributed by atoms with Gasteiger partial charge >= 0.3 is 0 Å². The molecule has 108 valence electrons. The lowest BCUT2D eigenvalue weighted by atomic mass is 10.1. The van der Waals surface area contributed by atoms with Crippen LogP contribution in [0.1, 0.15) is 30.1 Å². The van der Waals surface area contributed by atoms with Crippen LogP contribution in [0.2, 0.25) is 0 Å². The van der Waals surface area contributed by atoms with Crippen molar-refractivity contribution in [2.75, 3.05) is 26.2 Å². The van der Waals surface area contributed by atoms with Gasteiger partial charge in [0.2, 0.25) is 0 Å². The molecular weight excluding hydrogens is 258 g/mol. The Hall–Kier alpha value is -1.64. The molecule has 0 spiro atoms. The maximum Gasteiger partial charge on any atom is 0.109 e. The third-order valence-corrected chi connectivity index (χ3v) is 4.67. The highest BCUT2D eigenvalue weighted by Crippen LogP contribution is 2.44. The van der Waals surface area contributed by atoms with E-state index < -0.39 is 0 Å². The van der Waals surface area contributed by atoms with Crippen molar-refractivity contribution >= 4 is 0 Å². The topological polar surface area (TPSA) is 12.5 Å². The maximum absolute atomic E-state index is 6.28. The average molecular weight is 279 g/mol. The average Bonchev–Trinajstić information content (AvgIpc) is 3.15. The van der Waals surface area contributed by atoms with E-state index in [1.54, 1.807) is 0 Å². The Labute approximate surface area is 126 Å². The summed E-state index contributed by atoms with van der Waals surface area (Å²) >= 11 is 0. The lowest BCUT2D eigenvalue weighted by Crippen LogP contribution is -2.24. The first-order chi connectivity index (χ1) is 10.4. The summed E-state index contributed by atoms with van der Waals surface area (Å²) in [6, 6.07) is 17.3. The Bertz CT molecular complexity index is 585. The van der Waals surface area contributed by atoms with E-state index in [1.165, 1.54) is 48.2 Å². The third-order valence-electron chi connectivity index (χ3n) is 4.67. The zero-order valence-corrected chi connectivity index (χ0v) is 12.3. The zero-order chi connectivity index (χ0) is 14.1. The number of hydrogen-bond acceptors (Lipinski definition) is 2. The van der Waals surface area contributed by atoms with E-state index in [4.69, 9.17) is 4.74 Å². The van der Waals surface area contributed by atoms with E-state index >= 15 is 0 Å². The number of ether oxygens (including phenoxy) is 1. The molecule has 0 atom stereocenters. The summed E-state index contributed by atoms with van der Waals surface area (Å²) in [5, 5.41) is 0. The predicted octanol–water partition coefficient (Wildman–Crippen LogP) is 3.87. The Morgan fingerprint density at radius 2 is 1.43 bits per heavy atom. The normalized spacial score (nSPS) is 17.9. The summed E-state index contributed by atoms with van der Waals surface area (Å²) in [7, 11) is 0. The van der Waals surface area contributed by atoms with E-state index in [-0.39, 0.29) is 6.10 Å². The fourth-order valence-electron chi connectivity index (χ4n) is 3.59. The van der Waals surface area contributed by atoms with Crippen LogP contribution >= 0.6 is 0 Å². The first-order valence-corrected chi connectivity index (χ1v) is 7.96. The van der Waals surface area contributed by atoms with Crippen LogP contribution in [0, 0.1) is 0 Å². The van der Waals surface area contributed by atoms with Crippen molar-refractivity contribution in [2.45, 2.75) is 18.9 Å². The molecule has 2 aromatic rings. The van der Waals surface area contributed by atoms with Crippen molar-refractivity contribution in [3.05, 3.63) is 59.7 Å². The minimum absolute atomic E-state index is 0.111. The number of likely N-dealkylation sites (tertiary alicyclic amines) is 1. The monoisotopic (exact) mass is 279 g/mol. The van der Waals surface area contributed by atoms with Gasteiger partial charge in [0.15, 0.2) is 0 Å². The van der Waals surface area contributed by atoms with Crippen molar-refractivity contribution < 1.29 is 4.74 Å². The van der Waals surface area contributed by atoms with Gasteiger partial charge in [0.1, 0.15) is 6.10 Å². The summed E-state index contributed by atoms with van der Waals surface area (Å²) in [6.07, 6.45) is 2.80. The Morgan fingerprint density at radius 1 is 0.857 bits per heavy atom. The van der Waals surface area contributed by atoms with Gasteiger partial charge in [0.25, 0.3) is 0 Å². The summed E-state index contributed by atoms with van der Waals surface area (Å²) in [5.74, 6) is 0. The van der Waals surface area contributed by atoms with Crippen molar-refractivity contribution in [3.63, 3.8) is 0 Å². The lowest BCUT2D eigenvalue weighted by molar-refractivity contribution is 0.0669. The van der Waals surface area contributed by atoms with Crippen LogP contribution in [0.25, 0.3) is 11.1 Å². The second-order valence-corrected chi connectivity index (χ2v) is 5.97. The molecule has 0 saturated carbocycles. The largest absolute Gasteiger partial charge is 0.367 e. The molecule has 2 aliphatic rings. The highest BCUT2D eigenvalue weighted by Gasteiger charge is 2.28. The van der Waals surface area contributed by atoms with Gasteiger partial charge in [-0.05, 0) is 48.2 Å². The molecule has 21 heavy (non-hydrogen) atoms. The standard InChI is InChI=1S/C19H21NO/c1-3-9-17-15(7-1)16-8-2-4-10-18(16)19(17)21-14-13-20-11-5-6-12-20/h1-4,7-10,19H,5-6,11-14H2. The van der Waals surface area contributed by atoms with E-state index in [0.717, 1.165) is 13.2 Å². The molecule has 0 unspecified atom stereocenters. The molecular formula is C19H21NO. The minimum atomic E-state index is 0.111. The van der Waals surface area contributed by atoms with Crippen LogP contribution in [0.4, 0.5) is 0 Å². The molecule has 0 aromatic heterocycles. The van der Waals surface area contributed by atoms with Gasteiger partial charge < -0.3 is 9.64 Å². The molecule has 0 bridgehead atoms. The lowest BCUT2D eigenvalue weighted by Gasteiger charge is -2.18. The first-order valence-electron chi connectivity index (χ1n) is 7.96. The molecule has 0 amide bonds. The van der Waals surface area contributed by atoms with Gasteiger partial charge in [-0.2, -0.15) is 0 Å². The molecule has 1 fully saturated rings. The Kier molecular flexibility index (Phi) is 3.50. The number of hydrogen-bond donors (Lipinski definition) is 0. The van der Waals surface area contributed by atoms with Gasteiger partial charge in [-0.1, -0.05) is 48.5 Å². The quantitative estimate of drug-likeness (QED) is 0.842. The number of benzene rings is 2. The third kappa shape index (κ3) is 2.39. The SMILES string of the molecule is c1ccc2c(c1)-c1ccccc1C2OCCN1CCCC1. The van der Waals surface area contributed by atoms with E-state index in [1.807, 2.05) is 0 Å². The van der Waals surface area contributed by atoms with Crippen molar-refractivity contribution in [1.82, 2.24) is 4.90 Å². The van der Waals surface area contributed by atoms with Crippen LogP contribution in [-0.2, 0) is 4.74 Å². The number of fused-ring (bicyclic) bond motifs is 3. The molecule has 1 saturated heterocycles. The number of rotatable bonds is 4. The second-order valence-electron chi connectivity index (χ2n) is 5.97. The van der Waals surface area contributed by atoms with Gasteiger partial charge in [0.05, 0.1) is 6.61 Å². The van der Waals surface area contributed by atoms with Crippen molar-refractivity contribution in [3.8, 4) is 11.1 Å². The summed E-state index contributed by atoms with van der Waals surface area (Å²) in [6.45, 7) is 4.34. The number of nitrogens with zero attached hydrogens (tertiary/aromatic N) is 1. The van der Waals surface area contributed by atoms with Crippen LogP contribution in [-0.4, -0.2) is 31.1 Å². The predicted molar refractivity (Wildman–Crippen MR) is 85.3 cm³/mol. The minimum Gasteiger partial charge on any atom is -0.367 e. The molecule has 2 aromatic carbocycles. The molecule has 1 aliphatic carbocycles. The van der Waals surface area contributed by atoms with Gasteiger partial charge in [-0.25, -0.2) is 0 Å². The zero-order valence-electron chi connectivity index (χ0n) is 12.3. The molecule has 4 rings (SSSR count). The van der Waals surface area contributed by atoms with E-state index in [9.17, 15) is 0 Å². The van der Waals surface area contributed by atoms with Gasteiger partial charge in [-0.3, -0.25) is 0 Å². The highest BCUT2D eigenvalue weighted by atomic mass is 16.5. The fraction of sp³-hybridized carbons (Fsp3) is 0.368. The summed E-state index contributed by atoms with van der Waals surface area (Å²) in [4.78, 5) is 2.51. The Balaban J connectivity index is 1.54. The smallest absolute Gasteiger partial charge is 0.109 e.